The Morgan fingerprint density at radius 1 is 1.21 bits per heavy atom. The van der Waals surface area contributed by atoms with Crippen molar-refractivity contribution >= 4 is 11.6 Å². The molecule has 0 aliphatic carbocycles. The molecule has 24 heavy (non-hydrogen) atoms. The lowest BCUT2D eigenvalue weighted by Gasteiger charge is -2.48. The molecule has 1 saturated heterocycles. The number of carbonyl (C=O) groups excluding carboxylic acids is 1. The zero-order chi connectivity index (χ0) is 16.8. The van der Waals surface area contributed by atoms with Crippen LogP contribution < -0.4 is 10.5 Å². The fourth-order valence-corrected chi connectivity index (χ4v) is 3.42. The lowest BCUT2D eigenvalue weighted by Crippen LogP contribution is -2.63. The Kier molecular flexibility index (Phi) is 3.24. The van der Waals surface area contributed by atoms with Crippen molar-refractivity contribution in [3.05, 3.63) is 69.8 Å². The molecule has 2 aromatic carbocycles. The van der Waals surface area contributed by atoms with Crippen LogP contribution in [0.1, 0.15) is 23.2 Å². The number of nitro benzene ring substituents is 1. The average molecular weight is 325 g/mol. The number of amides is 1. The predicted octanol–water partition coefficient (Wildman–Crippen LogP) is 1.94. The van der Waals surface area contributed by atoms with Crippen LogP contribution in [0.15, 0.2) is 48.5 Å². The summed E-state index contributed by atoms with van der Waals surface area (Å²) in [6, 6.07) is 12.6. The lowest BCUT2D eigenvalue weighted by atomic mass is 9.86. The Hall–Kier alpha value is -2.93. The van der Waals surface area contributed by atoms with Crippen molar-refractivity contribution < 1.29 is 14.5 Å². The standard InChI is InChI=1S/C17H15N3O4/c18-15-16-12-8-11(20(22)23)6-7-14(12)24-9-13(19(16)17(15)21)10-4-2-1-3-5-10/h1-8,13,15-16H,9,18H2/t13-,15-,16-/m1/s1. The SMILES string of the molecule is N[C@H]1C(=O)N2[C@@H](c3ccccc3)COc3ccc([N+](=O)[O-])cc3[C@H]12. The topological polar surface area (TPSA) is 98.7 Å². The summed E-state index contributed by atoms with van der Waals surface area (Å²) in [4.78, 5) is 24.6. The second-order valence-corrected chi connectivity index (χ2v) is 5.93. The van der Waals surface area contributed by atoms with Gasteiger partial charge in [-0.25, -0.2) is 0 Å². The van der Waals surface area contributed by atoms with Gasteiger partial charge in [-0.2, -0.15) is 0 Å². The van der Waals surface area contributed by atoms with Crippen molar-refractivity contribution in [2.45, 2.75) is 18.1 Å². The average Bonchev–Trinajstić information content (AvgIpc) is 2.76. The van der Waals surface area contributed by atoms with Crippen LogP contribution in [-0.4, -0.2) is 28.4 Å². The van der Waals surface area contributed by atoms with Gasteiger partial charge in [0.1, 0.15) is 18.4 Å². The molecule has 2 aromatic rings. The molecule has 4 rings (SSSR count). The Labute approximate surface area is 137 Å². The number of rotatable bonds is 2. The van der Waals surface area contributed by atoms with Gasteiger partial charge in [-0.15, -0.1) is 0 Å². The molecule has 0 unspecified atom stereocenters. The van der Waals surface area contributed by atoms with E-state index in [0.717, 1.165) is 5.56 Å². The summed E-state index contributed by atoms with van der Waals surface area (Å²) in [7, 11) is 0. The highest BCUT2D eigenvalue weighted by Crippen LogP contribution is 2.47. The van der Waals surface area contributed by atoms with Crippen molar-refractivity contribution in [3.63, 3.8) is 0 Å². The van der Waals surface area contributed by atoms with Crippen molar-refractivity contribution in [2.75, 3.05) is 6.61 Å². The van der Waals surface area contributed by atoms with Crippen molar-refractivity contribution in [1.29, 1.82) is 0 Å². The molecule has 122 valence electrons. The molecule has 2 heterocycles. The summed E-state index contributed by atoms with van der Waals surface area (Å²) in [5.74, 6) is 0.369. The molecule has 1 amide bonds. The smallest absolute Gasteiger partial charge is 0.270 e. The van der Waals surface area contributed by atoms with Gasteiger partial charge in [0.25, 0.3) is 5.69 Å². The van der Waals surface area contributed by atoms with Crippen molar-refractivity contribution in [3.8, 4) is 5.75 Å². The maximum Gasteiger partial charge on any atom is 0.270 e. The van der Waals surface area contributed by atoms with E-state index in [2.05, 4.69) is 0 Å². The molecular formula is C17H15N3O4. The first-order valence-electron chi connectivity index (χ1n) is 7.62. The molecule has 0 aromatic heterocycles. The summed E-state index contributed by atoms with van der Waals surface area (Å²) in [5.41, 5.74) is 7.51. The minimum atomic E-state index is -0.710. The lowest BCUT2D eigenvalue weighted by molar-refractivity contribution is -0.385. The van der Waals surface area contributed by atoms with Crippen LogP contribution >= 0.6 is 0 Å². The monoisotopic (exact) mass is 325 g/mol. The maximum absolute atomic E-state index is 12.4. The van der Waals surface area contributed by atoms with Crippen LogP contribution in [0.25, 0.3) is 0 Å². The summed E-state index contributed by atoms with van der Waals surface area (Å²) in [6.07, 6.45) is 0. The number of fused-ring (bicyclic) bond motifs is 3. The predicted molar refractivity (Wildman–Crippen MR) is 85.3 cm³/mol. The van der Waals surface area contributed by atoms with Crippen LogP contribution in [0, 0.1) is 10.1 Å². The zero-order valence-electron chi connectivity index (χ0n) is 12.7. The normalized spacial score (nSPS) is 25.0. The molecule has 0 bridgehead atoms. The number of nitrogens with two attached hydrogens (primary N) is 1. The summed E-state index contributed by atoms with van der Waals surface area (Å²) in [5, 5.41) is 11.1. The third kappa shape index (κ3) is 2.05. The maximum atomic E-state index is 12.4. The summed E-state index contributed by atoms with van der Waals surface area (Å²) >= 11 is 0. The van der Waals surface area contributed by atoms with Gasteiger partial charge in [-0.05, 0) is 11.6 Å². The van der Waals surface area contributed by atoms with Crippen LogP contribution in [0.5, 0.6) is 5.75 Å². The second-order valence-electron chi connectivity index (χ2n) is 5.93. The third-order valence-electron chi connectivity index (χ3n) is 4.62. The van der Waals surface area contributed by atoms with E-state index in [-0.39, 0.29) is 24.2 Å². The molecule has 7 nitrogen and oxygen atoms in total. The molecule has 0 saturated carbocycles. The highest BCUT2D eigenvalue weighted by molar-refractivity contribution is 5.90. The van der Waals surface area contributed by atoms with Crippen LogP contribution in [0.3, 0.4) is 0 Å². The van der Waals surface area contributed by atoms with E-state index in [9.17, 15) is 14.9 Å². The Bertz CT molecular complexity index is 824. The number of β-lactam (4-membered cyclic amide) rings is 1. The van der Waals surface area contributed by atoms with Gasteiger partial charge in [-0.3, -0.25) is 14.9 Å². The molecular weight excluding hydrogens is 310 g/mol. The van der Waals surface area contributed by atoms with Gasteiger partial charge in [-0.1, -0.05) is 30.3 Å². The Balaban J connectivity index is 1.80. The molecule has 0 radical (unpaired) electrons. The summed E-state index contributed by atoms with van der Waals surface area (Å²) < 4.78 is 5.86. The van der Waals surface area contributed by atoms with E-state index >= 15 is 0 Å². The van der Waals surface area contributed by atoms with E-state index in [1.165, 1.54) is 12.1 Å². The number of non-ortho nitro benzene ring substituents is 1. The number of ether oxygens (including phenoxy) is 1. The van der Waals surface area contributed by atoms with Crippen LogP contribution in [0.4, 0.5) is 5.69 Å². The van der Waals surface area contributed by atoms with Gasteiger partial charge in [0.2, 0.25) is 5.91 Å². The van der Waals surface area contributed by atoms with E-state index < -0.39 is 17.0 Å². The first kappa shape index (κ1) is 14.6. The number of carbonyl (C=O) groups is 1. The zero-order valence-corrected chi connectivity index (χ0v) is 12.7. The largest absolute Gasteiger partial charge is 0.491 e. The first-order chi connectivity index (χ1) is 11.6. The Morgan fingerprint density at radius 3 is 2.67 bits per heavy atom. The molecule has 2 aliphatic heterocycles. The molecule has 2 N–H and O–H groups in total. The molecule has 1 fully saturated rings. The summed E-state index contributed by atoms with van der Waals surface area (Å²) in [6.45, 7) is 0.282. The number of benzene rings is 2. The van der Waals surface area contributed by atoms with Gasteiger partial charge in [0.05, 0.1) is 17.0 Å². The van der Waals surface area contributed by atoms with E-state index in [1.54, 1.807) is 11.0 Å². The van der Waals surface area contributed by atoms with E-state index in [4.69, 9.17) is 10.5 Å². The molecule has 7 heteroatoms. The molecule has 0 spiro atoms. The van der Waals surface area contributed by atoms with Gasteiger partial charge in [0.15, 0.2) is 0 Å². The number of hydrogen-bond acceptors (Lipinski definition) is 5. The number of hydrogen-bond donors (Lipinski definition) is 1. The highest BCUT2D eigenvalue weighted by atomic mass is 16.6. The molecule has 2 aliphatic rings. The second kappa shape index (κ2) is 5.31. The van der Waals surface area contributed by atoms with E-state index in [1.807, 2.05) is 30.3 Å². The number of nitrogens with zero attached hydrogens (tertiary/aromatic N) is 2. The van der Waals surface area contributed by atoms with E-state index in [0.29, 0.717) is 11.3 Å². The molecule has 3 atom stereocenters. The Morgan fingerprint density at radius 2 is 1.96 bits per heavy atom. The van der Waals surface area contributed by atoms with Crippen molar-refractivity contribution in [2.24, 2.45) is 5.73 Å². The van der Waals surface area contributed by atoms with Gasteiger partial charge in [0, 0.05) is 17.7 Å². The fourth-order valence-electron chi connectivity index (χ4n) is 3.42. The quantitative estimate of drug-likeness (QED) is 0.517. The van der Waals surface area contributed by atoms with Crippen LogP contribution in [-0.2, 0) is 4.79 Å². The third-order valence-corrected chi connectivity index (χ3v) is 4.62. The van der Waals surface area contributed by atoms with Gasteiger partial charge < -0.3 is 15.4 Å². The highest BCUT2D eigenvalue weighted by Gasteiger charge is 2.52. The minimum Gasteiger partial charge on any atom is -0.491 e. The number of nitro groups is 1. The van der Waals surface area contributed by atoms with Gasteiger partial charge >= 0.3 is 0 Å². The van der Waals surface area contributed by atoms with Crippen LogP contribution in [0.2, 0.25) is 0 Å². The fraction of sp³-hybridized carbons (Fsp3) is 0.235. The first-order valence-corrected chi connectivity index (χ1v) is 7.62. The van der Waals surface area contributed by atoms with Crippen molar-refractivity contribution in [1.82, 2.24) is 4.90 Å². The minimum absolute atomic E-state index is 0.0398.